The van der Waals surface area contributed by atoms with Crippen molar-refractivity contribution in [2.45, 2.75) is 88.9 Å². The number of nitriles is 1. The number of ether oxygens (including phenoxy) is 8. The van der Waals surface area contributed by atoms with Crippen molar-refractivity contribution in [3.63, 3.8) is 0 Å². The molecule has 4 heterocycles. The Morgan fingerprint density at radius 1 is 0.667 bits per heavy atom. The Labute approximate surface area is 522 Å². The zero-order valence-corrected chi connectivity index (χ0v) is 50.7. The van der Waals surface area contributed by atoms with Crippen molar-refractivity contribution in [2.24, 2.45) is 7.05 Å². The largest absolute Gasteiger partial charge is 0.491 e. The van der Waals surface area contributed by atoms with Gasteiger partial charge in [-0.15, -0.1) is 0 Å². The molecule has 1 saturated carbocycles. The van der Waals surface area contributed by atoms with E-state index in [1.54, 1.807) is 42.1 Å². The van der Waals surface area contributed by atoms with Crippen molar-refractivity contribution in [1.29, 1.82) is 5.26 Å². The average molecular weight is 1240 g/mol. The first-order valence-corrected chi connectivity index (χ1v) is 30.5. The number of amides is 7. The van der Waals surface area contributed by atoms with E-state index in [0.29, 0.717) is 155 Å². The number of aromatic nitrogens is 2. The second-order valence-electron chi connectivity index (χ2n) is 21.5. The van der Waals surface area contributed by atoms with E-state index in [9.17, 15) is 33.6 Å². The predicted molar refractivity (Wildman–Crippen MR) is 328 cm³/mol. The van der Waals surface area contributed by atoms with Crippen LogP contribution in [0.3, 0.4) is 0 Å². The first kappa shape index (κ1) is 67.3. The summed E-state index contributed by atoms with van der Waals surface area (Å²) < 4.78 is 46.8. The minimum Gasteiger partial charge on any atom is -0.491 e. The van der Waals surface area contributed by atoms with E-state index < -0.39 is 35.6 Å². The van der Waals surface area contributed by atoms with Gasteiger partial charge in [-0.2, -0.15) is 5.26 Å². The van der Waals surface area contributed by atoms with Crippen LogP contribution in [0.15, 0.2) is 108 Å². The molecular formula is C65H79N9O16. The minimum absolute atomic E-state index is 0.00880. The van der Waals surface area contributed by atoms with Gasteiger partial charge in [-0.1, -0.05) is 30.3 Å². The number of piperidine rings is 1. The van der Waals surface area contributed by atoms with E-state index >= 15 is 0 Å². The molecule has 480 valence electrons. The summed E-state index contributed by atoms with van der Waals surface area (Å²) in [5.74, 6) is -1.66. The molecule has 3 aromatic carbocycles. The maximum absolute atomic E-state index is 14.1. The van der Waals surface area contributed by atoms with Crippen molar-refractivity contribution >= 4 is 47.1 Å². The van der Waals surface area contributed by atoms with Crippen LogP contribution in [0.1, 0.15) is 96.1 Å². The van der Waals surface area contributed by atoms with Gasteiger partial charge >= 0.3 is 6.03 Å². The molecule has 25 nitrogen and oxygen atoms in total. The van der Waals surface area contributed by atoms with Gasteiger partial charge in [0.05, 0.1) is 82.3 Å². The number of nitrogens with zero attached hydrogens (tertiary/aromatic N) is 5. The second kappa shape index (κ2) is 36.1. The molecule has 8 rings (SSSR count). The van der Waals surface area contributed by atoms with Crippen LogP contribution < -0.4 is 41.4 Å². The first-order chi connectivity index (χ1) is 43.9. The molecule has 2 aliphatic heterocycles. The second-order valence-corrected chi connectivity index (χ2v) is 21.5. The average Bonchev–Trinajstić information content (AvgIpc) is 1.79. The Kier molecular flexibility index (Phi) is 27.0. The number of urea groups is 1. The number of carbonyl (C=O) groups is 6. The SMILES string of the molecule is Cn1cc(-c2ccc(N(C(=O)NCc3ccc(OCCOCCCCOCCOCCOCCOCCOCCCCNC(=O)COc4cccc5c4C(=O)N(C4CCC(=O)NC4=O)C5=O)cc3)C3CCC(ONc4ccc(C#N)cn4)CC3)cc2)ccc1=O. The molecular weight excluding hydrogens is 1160 g/mol. The third-order valence-electron chi connectivity index (χ3n) is 15.0. The Bertz CT molecular complexity index is 3240. The van der Waals surface area contributed by atoms with Crippen molar-refractivity contribution in [3.05, 3.63) is 136 Å². The van der Waals surface area contributed by atoms with Crippen molar-refractivity contribution in [1.82, 2.24) is 30.4 Å². The summed E-state index contributed by atoms with van der Waals surface area (Å²) in [7, 11) is 1.72. The number of aryl methyl sites for hydroxylation is 1. The van der Waals surface area contributed by atoms with E-state index in [4.69, 9.17) is 48.0 Å². The highest BCUT2D eigenvalue weighted by Gasteiger charge is 2.46. The highest BCUT2D eigenvalue weighted by atomic mass is 16.7. The molecule has 1 atom stereocenters. The summed E-state index contributed by atoms with van der Waals surface area (Å²) >= 11 is 0. The third-order valence-corrected chi connectivity index (χ3v) is 15.0. The zero-order valence-electron chi connectivity index (χ0n) is 50.7. The fraction of sp³-hybridized carbons (Fsp3) is 0.462. The number of rotatable bonds is 38. The van der Waals surface area contributed by atoms with Gasteiger partial charge < -0.3 is 53.1 Å². The maximum atomic E-state index is 14.1. The number of carbonyl (C=O) groups excluding carboxylic acids is 6. The Morgan fingerprint density at radius 2 is 1.30 bits per heavy atom. The summed E-state index contributed by atoms with van der Waals surface area (Å²) in [5, 5.41) is 17.1. The molecule has 1 unspecified atom stereocenters. The minimum atomic E-state index is -1.10. The van der Waals surface area contributed by atoms with Crippen LogP contribution in [0.4, 0.5) is 16.3 Å². The van der Waals surface area contributed by atoms with Crippen LogP contribution in [0.2, 0.25) is 0 Å². The summed E-state index contributed by atoms with van der Waals surface area (Å²) in [6, 6.07) is 27.3. The van der Waals surface area contributed by atoms with Crippen LogP contribution in [0, 0.1) is 11.3 Å². The number of pyridine rings is 2. The topological polar surface area (TPSA) is 299 Å². The van der Waals surface area contributed by atoms with Crippen molar-refractivity contribution in [2.75, 3.05) is 109 Å². The zero-order chi connectivity index (χ0) is 63.3. The normalized spacial score (nSPS) is 16.3. The summed E-state index contributed by atoms with van der Waals surface area (Å²) in [6.07, 6.45) is 9.18. The van der Waals surface area contributed by atoms with Crippen molar-refractivity contribution < 1.29 is 71.5 Å². The van der Waals surface area contributed by atoms with Crippen LogP contribution in [0.25, 0.3) is 11.1 Å². The van der Waals surface area contributed by atoms with E-state index in [1.807, 2.05) is 53.4 Å². The van der Waals surface area contributed by atoms with Gasteiger partial charge in [0.1, 0.15) is 36.0 Å². The monoisotopic (exact) mass is 1240 g/mol. The molecule has 0 bridgehead atoms. The number of benzene rings is 3. The fourth-order valence-electron chi connectivity index (χ4n) is 10.2. The molecule has 90 heavy (non-hydrogen) atoms. The van der Waals surface area contributed by atoms with Crippen LogP contribution in [-0.4, -0.2) is 167 Å². The molecule has 1 aliphatic carbocycles. The summed E-state index contributed by atoms with van der Waals surface area (Å²) in [6.45, 7) is 6.41. The number of imide groups is 2. The van der Waals surface area contributed by atoms with Gasteiger partial charge in [0.2, 0.25) is 17.4 Å². The van der Waals surface area contributed by atoms with Gasteiger partial charge in [-0.05, 0) is 129 Å². The van der Waals surface area contributed by atoms with Gasteiger partial charge in [0.25, 0.3) is 17.7 Å². The van der Waals surface area contributed by atoms with Gasteiger partial charge in [-0.25, -0.2) is 15.3 Å². The number of unbranched alkanes of at least 4 members (excludes halogenated alkanes) is 2. The van der Waals surface area contributed by atoms with E-state index in [2.05, 4.69) is 32.5 Å². The van der Waals surface area contributed by atoms with Gasteiger partial charge in [0.15, 0.2) is 6.61 Å². The molecule has 0 spiro atoms. The van der Waals surface area contributed by atoms with E-state index in [-0.39, 0.29) is 60.1 Å². The standard InChI is InChI=1S/C65H79N9O16/c1-72-44-49(14-26-60(72)77)48-12-15-50(16-13-48)73(51-17-21-53(22-18-51)90-71-57-24-11-47(41-66)43-68-57)65(81)69-42-46-9-19-52(20-10-46)88-40-39-84-30-5-4-29-83-32-34-86-36-38-87-37-35-85-33-31-82-28-3-2-27-67-59(76)45-89-56-8-6-7-54-61(56)64(80)74(63(54)79)55-23-25-58(75)70-62(55)78/h6-16,19-20,24,26,43-44,51,53,55H,2-5,17-18,21-23,25,27-40,42,45H2,1H3,(H,67,76)(H,68,71)(H,69,81)(H,70,75,78). The lowest BCUT2D eigenvalue weighted by Crippen LogP contribution is -2.54. The number of hydrogen-bond donors (Lipinski definition) is 4. The number of fused-ring (bicyclic) bond motifs is 1. The lowest BCUT2D eigenvalue weighted by atomic mass is 9.91. The number of anilines is 2. The molecule has 1 saturated heterocycles. The van der Waals surface area contributed by atoms with E-state index in [1.165, 1.54) is 24.4 Å². The predicted octanol–water partition coefficient (Wildman–Crippen LogP) is 6.03. The first-order valence-electron chi connectivity index (χ1n) is 30.5. The van der Waals surface area contributed by atoms with E-state index in [0.717, 1.165) is 40.1 Å². The molecule has 2 fully saturated rings. The molecule has 5 aromatic rings. The number of nitrogens with one attached hydrogen (secondary N) is 4. The highest BCUT2D eigenvalue weighted by Crippen LogP contribution is 2.34. The lowest BCUT2D eigenvalue weighted by Gasteiger charge is -2.36. The molecule has 25 heteroatoms. The smallest absolute Gasteiger partial charge is 0.322 e. The van der Waals surface area contributed by atoms with Crippen LogP contribution >= 0.6 is 0 Å². The van der Waals surface area contributed by atoms with Crippen LogP contribution in [-0.2, 0) is 61.2 Å². The highest BCUT2D eigenvalue weighted by molar-refractivity contribution is 6.24. The van der Waals surface area contributed by atoms with Gasteiger partial charge in [-0.3, -0.25) is 48.7 Å². The molecule has 3 aliphatic rings. The van der Waals surface area contributed by atoms with Crippen molar-refractivity contribution in [3.8, 4) is 28.7 Å². The van der Waals surface area contributed by atoms with Crippen LogP contribution in [0.5, 0.6) is 11.5 Å². The Morgan fingerprint density at radius 3 is 1.92 bits per heavy atom. The third kappa shape index (κ3) is 20.7. The lowest BCUT2D eigenvalue weighted by molar-refractivity contribution is -0.136. The fourth-order valence-corrected chi connectivity index (χ4v) is 10.2. The molecule has 0 radical (unpaired) electrons. The number of hydrogen-bond acceptors (Lipinski definition) is 19. The maximum Gasteiger partial charge on any atom is 0.322 e. The molecule has 4 N–H and O–H groups in total. The summed E-state index contributed by atoms with van der Waals surface area (Å²) in [5.41, 5.74) is 6.84. The van der Waals surface area contributed by atoms with Gasteiger partial charge in [0, 0.05) is 76.6 Å². The quantitative estimate of drug-likeness (QED) is 0.0199. The molecule has 2 aromatic heterocycles. The Hall–Kier alpha value is -8.61. The Balaban J connectivity index is 0.582. The summed E-state index contributed by atoms with van der Waals surface area (Å²) in [4.78, 5) is 102. The molecule has 7 amide bonds.